The van der Waals surface area contributed by atoms with Gasteiger partial charge in [0, 0.05) is 37.3 Å². The summed E-state index contributed by atoms with van der Waals surface area (Å²) in [6, 6.07) is 6.30. The number of piperidine rings is 1. The molecule has 0 radical (unpaired) electrons. The average Bonchev–Trinajstić information content (AvgIpc) is 2.82. The highest BCUT2D eigenvalue weighted by Crippen LogP contribution is 2.27. The number of carbonyl (C=O) groups is 2. The maximum absolute atomic E-state index is 13.0. The minimum Gasteiger partial charge on any atom is -0.339 e. The number of pyridine rings is 1. The molecule has 33 heavy (non-hydrogen) atoms. The van der Waals surface area contributed by atoms with E-state index in [0.29, 0.717) is 54.5 Å². The van der Waals surface area contributed by atoms with Crippen LogP contribution < -0.4 is 11.2 Å². The molecule has 10 heteroatoms. The van der Waals surface area contributed by atoms with Gasteiger partial charge in [0.1, 0.15) is 5.65 Å². The fourth-order valence-electron chi connectivity index (χ4n) is 4.13. The summed E-state index contributed by atoms with van der Waals surface area (Å²) < 4.78 is 1.39. The van der Waals surface area contributed by atoms with Crippen LogP contribution in [0.15, 0.2) is 40.1 Å². The summed E-state index contributed by atoms with van der Waals surface area (Å²) in [6.45, 7) is 3.13. The number of aromatic nitrogens is 3. The number of hydrogen-bond donors (Lipinski definition) is 1. The number of benzene rings is 1. The predicted octanol–water partition coefficient (Wildman–Crippen LogP) is 3.54. The van der Waals surface area contributed by atoms with Gasteiger partial charge in [0.05, 0.1) is 21.0 Å². The summed E-state index contributed by atoms with van der Waals surface area (Å²) in [5, 5.41) is 0.917. The Morgan fingerprint density at radius 1 is 1.09 bits per heavy atom. The molecule has 1 aromatic carbocycles. The zero-order valence-electron chi connectivity index (χ0n) is 17.9. The molecule has 4 rings (SSSR count). The molecule has 0 spiro atoms. The van der Waals surface area contributed by atoms with Crippen LogP contribution in [-0.2, 0) is 6.54 Å². The number of likely N-dealkylation sites (tertiary alicyclic amines) is 1. The average molecular weight is 489 g/mol. The number of hydrogen-bond acceptors (Lipinski definition) is 5. The smallest absolute Gasteiger partial charge is 0.329 e. The summed E-state index contributed by atoms with van der Waals surface area (Å²) in [5.74, 6) is -0.502. The first-order valence-electron chi connectivity index (χ1n) is 10.7. The number of nitrogens with zero attached hydrogens (tertiary/aromatic N) is 3. The quantitative estimate of drug-likeness (QED) is 0.552. The lowest BCUT2D eigenvalue weighted by Crippen LogP contribution is -2.40. The Balaban J connectivity index is 1.50. The molecule has 8 nitrogen and oxygen atoms in total. The van der Waals surface area contributed by atoms with Crippen molar-refractivity contribution in [3.8, 4) is 0 Å². The maximum atomic E-state index is 13.0. The number of aryl methyl sites for hydroxylation is 1. The van der Waals surface area contributed by atoms with Crippen molar-refractivity contribution in [1.29, 1.82) is 0 Å². The van der Waals surface area contributed by atoms with Crippen LogP contribution in [0.4, 0.5) is 0 Å². The van der Waals surface area contributed by atoms with Crippen LogP contribution in [0, 0.1) is 5.92 Å². The molecule has 0 atom stereocenters. The summed E-state index contributed by atoms with van der Waals surface area (Å²) in [5.41, 5.74) is -0.0626. The van der Waals surface area contributed by atoms with E-state index in [1.807, 2.05) is 6.92 Å². The number of halogens is 2. The Kier molecular flexibility index (Phi) is 6.67. The van der Waals surface area contributed by atoms with Crippen LogP contribution in [0.5, 0.6) is 0 Å². The van der Waals surface area contributed by atoms with E-state index in [-0.39, 0.29) is 34.2 Å². The second-order valence-corrected chi connectivity index (χ2v) is 8.88. The van der Waals surface area contributed by atoms with Crippen LogP contribution in [0.25, 0.3) is 11.0 Å². The van der Waals surface area contributed by atoms with Crippen molar-refractivity contribution in [3.63, 3.8) is 0 Å². The summed E-state index contributed by atoms with van der Waals surface area (Å²) >= 11 is 12.0. The molecule has 1 amide bonds. The fraction of sp³-hybridized carbons (Fsp3) is 0.348. The first kappa shape index (κ1) is 23.2. The van der Waals surface area contributed by atoms with Crippen molar-refractivity contribution < 1.29 is 9.59 Å². The monoisotopic (exact) mass is 488 g/mol. The molecule has 0 aliphatic carbocycles. The Morgan fingerprint density at radius 3 is 2.48 bits per heavy atom. The second-order valence-electron chi connectivity index (χ2n) is 8.07. The normalized spacial score (nSPS) is 14.6. The third-order valence-electron chi connectivity index (χ3n) is 5.88. The Morgan fingerprint density at radius 2 is 1.82 bits per heavy atom. The van der Waals surface area contributed by atoms with E-state index in [2.05, 4.69) is 9.97 Å². The first-order chi connectivity index (χ1) is 15.8. The van der Waals surface area contributed by atoms with Crippen LogP contribution in [-0.4, -0.2) is 44.2 Å². The SMILES string of the molecule is CCCn1c(=O)[nH]c(=O)c2cc(C(=O)N3CCC(C(=O)c4ccc(Cl)c(Cl)c4)CC3)cnc21. The largest absolute Gasteiger partial charge is 0.339 e. The Labute approximate surface area is 199 Å². The van der Waals surface area contributed by atoms with Gasteiger partial charge in [-0.3, -0.25) is 23.9 Å². The summed E-state index contributed by atoms with van der Waals surface area (Å²) in [7, 11) is 0. The van der Waals surface area contributed by atoms with E-state index in [1.54, 1.807) is 23.1 Å². The first-order valence-corrected chi connectivity index (χ1v) is 11.5. The van der Waals surface area contributed by atoms with E-state index >= 15 is 0 Å². The van der Waals surface area contributed by atoms with E-state index in [4.69, 9.17) is 23.2 Å². The topological polar surface area (TPSA) is 105 Å². The van der Waals surface area contributed by atoms with E-state index in [0.717, 1.165) is 0 Å². The van der Waals surface area contributed by atoms with Gasteiger partial charge < -0.3 is 4.90 Å². The zero-order chi connectivity index (χ0) is 23.7. The molecule has 0 unspecified atom stereocenters. The number of amides is 1. The molecule has 1 N–H and O–H groups in total. The summed E-state index contributed by atoms with van der Waals surface area (Å²) in [6.07, 6.45) is 3.12. The number of aromatic amines is 1. The van der Waals surface area contributed by atoms with E-state index < -0.39 is 11.2 Å². The van der Waals surface area contributed by atoms with E-state index in [9.17, 15) is 19.2 Å². The fourth-order valence-corrected chi connectivity index (χ4v) is 4.43. The third-order valence-corrected chi connectivity index (χ3v) is 6.62. The van der Waals surface area contributed by atoms with Gasteiger partial charge in [-0.2, -0.15) is 0 Å². The lowest BCUT2D eigenvalue weighted by Gasteiger charge is -2.31. The number of fused-ring (bicyclic) bond motifs is 1. The third kappa shape index (κ3) is 4.58. The highest BCUT2D eigenvalue weighted by Gasteiger charge is 2.29. The molecule has 1 aliphatic heterocycles. The number of Topliss-reactive ketones (excluding diaryl/α,β-unsaturated/α-hetero) is 1. The van der Waals surface area contributed by atoms with Crippen molar-refractivity contribution >= 4 is 45.9 Å². The number of carbonyl (C=O) groups excluding carboxylic acids is 2. The van der Waals surface area contributed by atoms with Crippen molar-refractivity contribution in [3.05, 3.63) is 72.5 Å². The van der Waals surface area contributed by atoms with Gasteiger partial charge in [-0.05, 0) is 43.5 Å². The molecule has 1 saturated heterocycles. The molecular weight excluding hydrogens is 467 g/mol. The number of ketones is 1. The second kappa shape index (κ2) is 9.49. The number of rotatable bonds is 5. The van der Waals surface area contributed by atoms with Crippen LogP contribution in [0.2, 0.25) is 10.0 Å². The van der Waals surface area contributed by atoms with Gasteiger partial charge in [-0.1, -0.05) is 30.1 Å². The number of H-pyrrole nitrogens is 1. The molecule has 3 aromatic rings. The molecular formula is C23H22Cl2N4O4. The predicted molar refractivity (Wildman–Crippen MR) is 126 cm³/mol. The molecule has 1 fully saturated rings. The lowest BCUT2D eigenvalue weighted by atomic mass is 9.88. The Bertz CT molecular complexity index is 1360. The maximum Gasteiger partial charge on any atom is 0.329 e. The van der Waals surface area contributed by atoms with Gasteiger partial charge in [0.2, 0.25) is 0 Å². The van der Waals surface area contributed by atoms with Crippen molar-refractivity contribution in [2.45, 2.75) is 32.7 Å². The highest BCUT2D eigenvalue weighted by molar-refractivity contribution is 6.42. The van der Waals surface area contributed by atoms with Crippen molar-refractivity contribution in [2.24, 2.45) is 5.92 Å². The lowest BCUT2D eigenvalue weighted by molar-refractivity contribution is 0.0650. The minimum atomic E-state index is -0.574. The van der Waals surface area contributed by atoms with Gasteiger partial charge in [0.15, 0.2) is 5.78 Å². The number of nitrogens with one attached hydrogen (secondary N) is 1. The van der Waals surface area contributed by atoms with Crippen LogP contribution in [0.1, 0.15) is 46.9 Å². The highest BCUT2D eigenvalue weighted by atomic mass is 35.5. The van der Waals surface area contributed by atoms with Gasteiger partial charge >= 0.3 is 5.69 Å². The van der Waals surface area contributed by atoms with E-state index in [1.165, 1.54) is 16.8 Å². The zero-order valence-corrected chi connectivity index (χ0v) is 19.4. The minimum absolute atomic E-state index is 0.0199. The van der Waals surface area contributed by atoms with Gasteiger partial charge in [-0.25, -0.2) is 9.78 Å². The standard InChI is InChI=1S/C23H22Cl2N4O4/c1-2-7-29-20-16(21(31)27-23(29)33)10-15(12-26-20)22(32)28-8-5-13(6-9-28)19(30)14-3-4-17(24)18(25)11-14/h3-4,10-13H,2,5-9H2,1H3,(H,27,31,33). The summed E-state index contributed by atoms with van der Waals surface area (Å²) in [4.78, 5) is 58.5. The van der Waals surface area contributed by atoms with Crippen molar-refractivity contribution in [2.75, 3.05) is 13.1 Å². The van der Waals surface area contributed by atoms with Crippen molar-refractivity contribution in [1.82, 2.24) is 19.4 Å². The van der Waals surface area contributed by atoms with Gasteiger partial charge in [0.25, 0.3) is 11.5 Å². The Hall–Kier alpha value is -2.97. The molecule has 172 valence electrons. The van der Waals surface area contributed by atoms with Gasteiger partial charge in [-0.15, -0.1) is 0 Å². The molecule has 2 aromatic heterocycles. The molecule has 0 bridgehead atoms. The molecule has 1 aliphatic rings. The van der Waals surface area contributed by atoms with Crippen LogP contribution >= 0.6 is 23.2 Å². The molecule has 0 saturated carbocycles. The van der Waals surface area contributed by atoms with Crippen LogP contribution in [0.3, 0.4) is 0 Å². The molecule has 3 heterocycles.